The molecule has 0 aliphatic carbocycles. The lowest BCUT2D eigenvalue weighted by Gasteiger charge is -2.32. The molecule has 5 rings (SSSR count). The zero-order valence-corrected chi connectivity index (χ0v) is 21.4. The predicted molar refractivity (Wildman–Crippen MR) is 142 cm³/mol. The Kier molecular flexibility index (Phi) is 6.40. The topological polar surface area (TPSA) is 83.5 Å². The Labute approximate surface area is 205 Å². The first-order valence-corrected chi connectivity index (χ1v) is 15.4. The molecule has 1 aliphatic rings. The van der Waals surface area contributed by atoms with Crippen LogP contribution in [0.2, 0.25) is 12.6 Å². The number of nitriles is 1. The van der Waals surface area contributed by atoms with Crippen LogP contribution in [0.25, 0.3) is 32.6 Å². The normalized spacial score (nSPS) is 15.0. The van der Waals surface area contributed by atoms with Crippen molar-refractivity contribution in [2.75, 3.05) is 11.9 Å². The second-order valence-corrected chi connectivity index (χ2v) is 10.9. The number of benzene rings is 1. The molecule has 1 atom stereocenters. The fourth-order valence-corrected chi connectivity index (χ4v) is 6.25. The van der Waals surface area contributed by atoms with Crippen molar-refractivity contribution in [2.45, 2.75) is 31.5 Å². The second kappa shape index (κ2) is 9.42. The summed E-state index contributed by atoms with van der Waals surface area (Å²) < 4.78 is 3.05. The summed E-state index contributed by atoms with van der Waals surface area (Å²) in [6.07, 6.45) is 8.50. The first-order chi connectivity index (χ1) is 15.7. The van der Waals surface area contributed by atoms with Crippen LogP contribution in [0.3, 0.4) is 0 Å². The maximum atomic E-state index is 9.13. The van der Waals surface area contributed by atoms with Gasteiger partial charge in [0.25, 0.3) is 6.71 Å². The molecular weight excluding hydrogens is 551 g/mol. The SMILES string of the molecule is CN(c1ccc(-c2ccc(-c3cnn(PI)c3)c3ncsc23)nn1)C1CCB(C#N)CC1. The number of fused-ring (bicyclic) bond motifs is 1. The van der Waals surface area contributed by atoms with Crippen molar-refractivity contribution in [1.29, 1.82) is 5.26 Å². The minimum absolute atomic E-state index is 0.203. The molecule has 4 heterocycles. The van der Waals surface area contributed by atoms with Gasteiger partial charge in [0.15, 0.2) is 5.82 Å². The molecule has 0 bridgehead atoms. The summed E-state index contributed by atoms with van der Waals surface area (Å²) in [7, 11) is 2.08. The third-order valence-corrected chi connectivity index (χ3v) is 8.94. The van der Waals surface area contributed by atoms with Crippen molar-refractivity contribution in [2.24, 2.45) is 0 Å². The quantitative estimate of drug-likeness (QED) is 0.177. The largest absolute Gasteiger partial charge is 0.355 e. The van der Waals surface area contributed by atoms with E-state index in [1.807, 2.05) is 28.3 Å². The van der Waals surface area contributed by atoms with E-state index in [2.05, 4.69) is 78.6 Å². The molecule has 1 aliphatic heterocycles. The van der Waals surface area contributed by atoms with Gasteiger partial charge in [0.1, 0.15) is 0 Å². The summed E-state index contributed by atoms with van der Waals surface area (Å²) in [6, 6.07) is 8.71. The van der Waals surface area contributed by atoms with E-state index in [0.29, 0.717) is 12.4 Å². The second-order valence-electron chi connectivity index (χ2n) is 7.97. The Bertz CT molecular complexity index is 1280. The number of anilines is 1. The van der Waals surface area contributed by atoms with E-state index in [-0.39, 0.29) is 6.71 Å². The van der Waals surface area contributed by atoms with Gasteiger partial charge in [0, 0.05) is 41.9 Å². The van der Waals surface area contributed by atoms with Gasteiger partial charge in [0.05, 0.1) is 34.0 Å². The first-order valence-electron chi connectivity index (χ1n) is 10.4. The van der Waals surface area contributed by atoms with Crippen molar-refractivity contribution in [3.8, 4) is 28.4 Å². The third-order valence-electron chi connectivity index (χ3n) is 6.18. The minimum Gasteiger partial charge on any atom is -0.355 e. The molecular formula is C21H20BIN7PS. The Morgan fingerprint density at radius 3 is 2.72 bits per heavy atom. The summed E-state index contributed by atoms with van der Waals surface area (Å²) in [5, 5.41) is 22.6. The number of halogens is 1. The van der Waals surface area contributed by atoms with Gasteiger partial charge in [-0.1, -0.05) is 24.8 Å². The van der Waals surface area contributed by atoms with Crippen LogP contribution in [-0.4, -0.2) is 44.5 Å². The molecule has 11 heteroatoms. The summed E-state index contributed by atoms with van der Waals surface area (Å²) in [4.78, 5) is 6.85. The van der Waals surface area contributed by atoms with Gasteiger partial charge in [-0.15, -0.1) is 21.5 Å². The molecule has 1 unspecified atom stereocenters. The summed E-state index contributed by atoms with van der Waals surface area (Å²) in [6.45, 7) is 0.203. The zero-order valence-electron chi connectivity index (χ0n) is 17.4. The van der Waals surface area contributed by atoms with Crippen LogP contribution in [0.4, 0.5) is 5.82 Å². The number of hydrogen-bond donors (Lipinski definition) is 0. The fraction of sp³-hybridized carbons (Fsp3) is 0.286. The van der Waals surface area contributed by atoms with Crippen LogP contribution in [0.5, 0.6) is 0 Å². The van der Waals surface area contributed by atoms with E-state index in [0.717, 1.165) is 63.9 Å². The maximum absolute atomic E-state index is 9.13. The highest BCUT2D eigenvalue weighted by Gasteiger charge is 2.27. The number of thiazole rings is 1. The average molecular weight is 571 g/mol. The summed E-state index contributed by atoms with van der Waals surface area (Å²) in [5.74, 6) is 3.28. The molecule has 32 heavy (non-hydrogen) atoms. The molecule has 1 fully saturated rings. The smallest absolute Gasteiger partial charge is 0.268 e. The maximum Gasteiger partial charge on any atom is 0.268 e. The lowest BCUT2D eigenvalue weighted by molar-refractivity contribution is 0.562. The molecule has 0 spiro atoms. The van der Waals surface area contributed by atoms with Gasteiger partial charge in [-0.2, -0.15) is 5.10 Å². The number of rotatable bonds is 5. The molecule has 3 aromatic heterocycles. The van der Waals surface area contributed by atoms with Gasteiger partial charge in [-0.25, -0.2) is 14.7 Å². The molecule has 0 amide bonds. The molecule has 1 aromatic carbocycles. The van der Waals surface area contributed by atoms with E-state index >= 15 is 0 Å². The minimum atomic E-state index is 0.203. The predicted octanol–water partition coefficient (Wildman–Crippen LogP) is 5.56. The molecule has 160 valence electrons. The lowest BCUT2D eigenvalue weighted by Crippen LogP contribution is -2.37. The van der Waals surface area contributed by atoms with Gasteiger partial charge in [-0.05, 0) is 47.0 Å². The Balaban J connectivity index is 1.41. The molecule has 7 nitrogen and oxygen atoms in total. The lowest BCUT2D eigenvalue weighted by atomic mass is 9.42. The van der Waals surface area contributed by atoms with Crippen molar-refractivity contribution >= 4 is 62.5 Å². The number of nitrogens with zero attached hydrogens (tertiary/aromatic N) is 7. The van der Waals surface area contributed by atoms with Gasteiger partial charge >= 0.3 is 0 Å². The Morgan fingerprint density at radius 1 is 1.22 bits per heavy atom. The van der Waals surface area contributed by atoms with E-state index in [1.165, 1.54) is 0 Å². The van der Waals surface area contributed by atoms with E-state index in [4.69, 9.17) is 5.26 Å². The van der Waals surface area contributed by atoms with Crippen LogP contribution in [0.1, 0.15) is 12.8 Å². The zero-order chi connectivity index (χ0) is 22.1. The monoisotopic (exact) mass is 571 g/mol. The number of hydrogen-bond acceptors (Lipinski definition) is 7. The van der Waals surface area contributed by atoms with Crippen LogP contribution in [0.15, 0.2) is 42.2 Å². The fourth-order valence-electron chi connectivity index (χ4n) is 4.33. The van der Waals surface area contributed by atoms with Crippen molar-refractivity contribution in [1.82, 2.24) is 24.7 Å². The summed E-state index contributed by atoms with van der Waals surface area (Å²) >= 11 is 3.95. The highest BCUT2D eigenvalue weighted by Crippen LogP contribution is 2.37. The van der Waals surface area contributed by atoms with Crippen molar-refractivity contribution in [3.05, 3.63) is 42.2 Å². The van der Waals surface area contributed by atoms with Gasteiger partial charge in [-0.3, -0.25) is 0 Å². The average Bonchev–Trinajstić information content (AvgIpc) is 3.53. The van der Waals surface area contributed by atoms with Gasteiger partial charge < -0.3 is 4.90 Å². The summed E-state index contributed by atoms with van der Waals surface area (Å²) in [5.41, 5.74) is 6.91. The van der Waals surface area contributed by atoms with Crippen molar-refractivity contribution in [3.63, 3.8) is 0 Å². The molecule has 0 radical (unpaired) electrons. The van der Waals surface area contributed by atoms with E-state index < -0.39 is 0 Å². The standard InChI is InChI=1S/C21H20BIN7PS/c1-29(15-6-8-22(12-24)9-7-15)19-5-4-18(27-28-19)17-3-2-16(20-21(17)32-13-25-20)14-10-26-30(11-14)31-23/h2-5,10-11,13,15,31H,6-9H2,1H3. The first kappa shape index (κ1) is 21.7. The van der Waals surface area contributed by atoms with E-state index in [9.17, 15) is 0 Å². The molecule has 1 saturated heterocycles. The highest BCUT2D eigenvalue weighted by atomic mass is 127. The molecule has 4 aromatic rings. The van der Waals surface area contributed by atoms with Crippen LogP contribution in [-0.2, 0) is 0 Å². The molecule has 0 N–H and O–H groups in total. The molecule has 0 saturated carbocycles. The number of aromatic nitrogens is 5. The van der Waals surface area contributed by atoms with Crippen molar-refractivity contribution < 1.29 is 0 Å². The van der Waals surface area contributed by atoms with Crippen LogP contribution >= 0.6 is 39.8 Å². The van der Waals surface area contributed by atoms with Crippen LogP contribution in [0, 0.1) is 11.2 Å². The van der Waals surface area contributed by atoms with E-state index in [1.54, 1.807) is 11.3 Å². The Hall–Kier alpha value is -2.09. The Morgan fingerprint density at radius 2 is 2.03 bits per heavy atom. The highest BCUT2D eigenvalue weighted by molar-refractivity contribution is 14.2. The van der Waals surface area contributed by atoms with Crippen LogP contribution < -0.4 is 4.90 Å². The third kappa shape index (κ3) is 4.14. The van der Waals surface area contributed by atoms with Gasteiger partial charge in [0.2, 0.25) is 0 Å².